The minimum atomic E-state index is -1.32. The number of rotatable bonds is 19. The minimum absolute atomic E-state index is 0.0597. The molecule has 4 aromatic carbocycles. The number of fused-ring (bicyclic) bond motifs is 1. The van der Waals surface area contributed by atoms with Crippen molar-refractivity contribution in [2.75, 3.05) is 31.1 Å². The van der Waals surface area contributed by atoms with Crippen LogP contribution in [0.4, 0.5) is 11.4 Å². The Balaban J connectivity index is 0.000000359. The third-order valence-corrected chi connectivity index (χ3v) is 11.9. The fourth-order valence-electron chi connectivity index (χ4n) is 7.74. The summed E-state index contributed by atoms with van der Waals surface area (Å²) in [5.74, 6) is -0.297. The SMILES string of the molecule is CC1(C)c2cc(/C=C/c3ccc(/C=C/c4ccccc4)cc3)ccc2N(Cc2cc([N+](=O)[O-])ccc2[O-])C1(C)O.CCCC[N+](CCCC)(CCCC)CCCC. The Hall–Kier alpha value is -4.72. The fraction of sp³-hybridized carbons (Fsp3) is 0.440. The predicted octanol–water partition coefficient (Wildman–Crippen LogP) is 12.0. The van der Waals surface area contributed by atoms with E-state index in [-0.39, 0.29) is 23.5 Å². The zero-order valence-corrected chi connectivity index (χ0v) is 35.7. The number of quaternary nitrogens is 1. The van der Waals surface area contributed by atoms with E-state index in [0.29, 0.717) is 0 Å². The summed E-state index contributed by atoms with van der Waals surface area (Å²) in [6, 6.07) is 28.2. The Labute approximate surface area is 343 Å². The van der Waals surface area contributed by atoms with Crippen molar-refractivity contribution in [2.24, 2.45) is 0 Å². The largest absolute Gasteiger partial charge is 0.872 e. The van der Waals surface area contributed by atoms with E-state index < -0.39 is 16.1 Å². The summed E-state index contributed by atoms with van der Waals surface area (Å²) in [5, 5.41) is 35.4. The summed E-state index contributed by atoms with van der Waals surface area (Å²) in [6.45, 7) is 20.7. The number of nitrogens with zero attached hydrogens (tertiary/aromatic N) is 3. The highest BCUT2D eigenvalue weighted by molar-refractivity contribution is 5.76. The van der Waals surface area contributed by atoms with Gasteiger partial charge in [0.25, 0.3) is 5.69 Å². The average Bonchev–Trinajstić information content (AvgIpc) is 3.36. The first-order valence-electron chi connectivity index (χ1n) is 21.3. The summed E-state index contributed by atoms with van der Waals surface area (Å²) in [4.78, 5) is 12.5. The molecule has 57 heavy (non-hydrogen) atoms. The molecule has 0 bridgehead atoms. The van der Waals surface area contributed by atoms with E-state index in [1.807, 2.05) is 50.3 Å². The first-order valence-corrected chi connectivity index (χ1v) is 21.3. The van der Waals surface area contributed by atoms with E-state index in [1.54, 1.807) is 11.8 Å². The number of benzene rings is 4. The molecule has 1 unspecified atom stereocenters. The monoisotopic (exact) mass is 774 g/mol. The topological polar surface area (TPSA) is 89.7 Å². The second-order valence-corrected chi connectivity index (χ2v) is 16.5. The molecule has 0 saturated heterocycles. The number of unbranched alkanes of at least 4 members (excludes halogenated alkanes) is 4. The van der Waals surface area contributed by atoms with Crippen LogP contribution in [0.25, 0.3) is 24.3 Å². The Morgan fingerprint density at radius 2 is 1.11 bits per heavy atom. The quantitative estimate of drug-likeness (QED) is 0.0443. The predicted molar refractivity (Wildman–Crippen MR) is 239 cm³/mol. The van der Waals surface area contributed by atoms with Gasteiger partial charge in [0.15, 0.2) is 0 Å². The van der Waals surface area contributed by atoms with Crippen LogP contribution in [0.5, 0.6) is 5.75 Å². The zero-order chi connectivity index (χ0) is 41.5. The number of anilines is 1. The van der Waals surface area contributed by atoms with E-state index in [2.05, 4.69) is 88.4 Å². The van der Waals surface area contributed by atoms with Crippen molar-refractivity contribution in [2.45, 2.75) is 118 Å². The third kappa shape index (κ3) is 11.9. The van der Waals surface area contributed by atoms with E-state index >= 15 is 0 Å². The molecule has 1 atom stereocenters. The van der Waals surface area contributed by atoms with E-state index in [1.165, 1.54) is 100 Å². The summed E-state index contributed by atoms with van der Waals surface area (Å²) in [7, 11) is 0. The van der Waals surface area contributed by atoms with Gasteiger partial charge in [-0.1, -0.05) is 158 Å². The molecule has 1 aliphatic heterocycles. The first-order chi connectivity index (χ1) is 27.3. The van der Waals surface area contributed by atoms with Crippen LogP contribution in [0, 0.1) is 10.1 Å². The Bertz CT molecular complexity index is 1880. The van der Waals surface area contributed by atoms with Gasteiger partial charge in [-0.2, -0.15) is 0 Å². The molecule has 0 spiro atoms. The van der Waals surface area contributed by atoms with Gasteiger partial charge in [0, 0.05) is 29.8 Å². The van der Waals surface area contributed by atoms with Crippen LogP contribution in [0.3, 0.4) is 0 Å². The summed E-state index contributed by atoms with van der Waals surface area (Å²) < 4.78 is 1.42. The number of hydrogen-bond donors (Lipinski definition) is 1. The molecule has 0 aromatic heterocycles. The Morgan fingerprint density at radius 1 is 0.649 bits per heavy atom. The summed E-state index contributed by atoms with van der Waals surface area (Å²) in [5.41, 5.74) is 4.20. The van der Waals surface area contributed by atoms with Gasteiger partial charge >= 0.3 is 0 Å². The van der Waals surface area contributed by atoms with Crippen molar-refractivity contribution in [3.05, 3.63) is 134 Å². The smallest absolute Gasteiger partial charge is 0.269 e. The Morgan fingerprint density at radius 3 is 1.58 bits per heavy atom. The molecular weight excluding hydrogens is 707 g/mol. The number of nitro benzene ring substituents is 1. The lowest BCUT2D eigenvalue weighted by Gasteiger charge is -2.41. The molecule has 1 N–H and O–H groups in total. The van der Waals surface area contributed by atoms with E-state index in [9.17, 15) is 20.3 Å². The minimum Gasteiger partial charge on any atom is -0.872 e. The maximum atomic E-state index is 12.5. The molecule has 5 rings (SSSR count). The van der Waals surface area contributed by atoms with Crippen molar-refractivity contribution in [3.8, 4) is 5.75 Å². The molecule has 0 fully saturated rings. The summed E-state index contributed by atoms with van der Waals surface area (Å²) >= 11 is 0. The highest BCUT2D eigenvalue weighted by Crippen LogP contribution is 2.51. The molecule has 7 nitrogen and oxygen atoms in total. The molecule has 1 aliphatic rings. The third-order valence-electron chi connectivity index (χ3n) is 11.9. The molecule has 0 saturated carbocycles. The van der Waals surface area contributed by atoms with Gasteiger partial charge in [-0.05, 0) is 78.1 Å². The number of hydrogen-bond acceptors (Lipinski definition) is 5. The van der Waals surface area contributed by atoms with Gasteiger partial charge < -0.3 is 19.6 Å². The van der Waals surface area contributed by atoms with Crippen LogP contribution in [-0.4, -0.2) is 46.4 Å². The lowest BCUT2D eigenvalue weighted by Crippen LogP contribution is -2.53. The Kier molecular flexibility index (Phi) is 16.7. The zero-order valence-electron chi connectivity index (χ0n) is 35.7. The second-order valence-electron chi connectivity index (χ2n) is 16.5. The van der Waals surface area contributed by atoms with Crippen molar-refractivity contribution in [3.63, 3.8) is 0 Å². The second kappa shape index (κ2) is 21.2. The van der Waals surface area contributed by atoms with Gasteiger partial charge in [0.2, 0.25) is 0 Å². The average molecular weight is 774 g/mol. The highest BCUT2D eigenvalue weighted by atomic mass is 16.6. The standard InChI is InChI=1S/C34H32N2O4.C16H36N/c1-33(2)30-21-27(16-15-26-13-11-25(12-14-26)10-9-24-7-5-4-6-8-24)17-19-31(30)35(34(33,3)38)23-28-22-29(36(39)40)18-20-32(28)37;1-5-9-13-17(14-10-6-2,15-11-7-3)16-12-8-4/h4-22,37-38H,23H2,1-3H3;5-16H2,1-4H3/q;+1/p-1/b10-9+,16-15+;. The maximum absolute atomic E-state index is 12.5. The van der Waals surface area contributed by atoms with E-state index in [4.69, 9.17) is 0 Å². The first kappa shape index (κ1) is 45.0. The van der Waals surface area contributed by atoms with Crippen molar-refractivity contribution >= 4 is 35.7 Å². The lowest BCUT2D eigenvalue weighted by molar-refractivity contribution is -0.929. The van der Waals surface area contributed by atoms with Crippen LogP contribution in [-0.2, 0) is 12.0 Å². The van der Waals surface area contributed by atoms with Gasteiger partial charge in [0.1, 0.15) is 5.72 Å². The molecule has 306 valence electrons. The molecular formula is C50H67N3O4. The normalized spacial score (nSPS) is 16.2. The fourth-order valence-corrected chi connectivity index (χ4v) is 7.74. The van der Waals surface area contributed by atoms with Crippen LogP contribution < -0.4 is 10.0 Å². The number of nitro groups is 1. The van der Waals surface area contributed by atoms with Crippen LogP contribution in [0.15, 0.2) is 91.0 Å². The summed E-state index contributed by atoms with van der Waals surface area (Å²) in [6.07, 6.45) is 19.3. The molecule has 0 radical (unpaired) electrons. The van der Waals surface area contributed by atoms with Gasteiger partial charge in [-0.25, -0.2) is 0 Å². The van der Waals surface area contributed by atoms with Gasteiger partial charge in [0.05, 0.1) is 31.1 Å². The molecule has 1 heterocycles. The van der Waals surface area contributed by atoms with Gasteiger partial charge in [-0.3, -0.25) is 10.1 Å². The van der Waals surface area contributed by atoms with Crippen molar-refractivity contribution < 1.29 is 19.6 Å². The van der Waals surface area contributed by atoms with Crippen LogP contribution in [0.2, 0.25) is 0 Å². The number of aliphatic hydroxyl groups is 1. The maximum Gasteiger partial charge on any atom is 0.269 e. The molecule has 7 heteroatoms. The number of non-ortho nitro benzene ring substituents is 1. The lowest BCUT2D eigenvalue weighted by atomic mass is 9.78. The van der Waals surface area contributed by atoms with Crippen LogP contribution in [0.1, 0.15) is 133 Å². The van der Waals surface area contributed by atoms with E-state index in [0.717, 1.165) is 33.5 Å². The highest BCUT2D eigenvalue weighted by Gasteiger charge is 2.52. The molecule has 0 amide bonds. The molecule has 0 aliphatic carbocycles. The van der Waals surface area contributed by atoms with Gasteiger partial charge in [-0.15, -0.1) is 5.75 Å². The van der Waals surface area contributed by atoms with Crippen molar-refractivity contribution in [1.29, 1.82) is 0 Å². The van der Waals surface area contributed by atoms with Crippen LogP contribution >= 0.6 is 0 Å². The van der Waals surface area contributed by atoms with Crippen molar-refractivity contribution in [1.82, 2.24) is 0 Å². The molecule has 4 aromatic rings.